The van der Waals surface area contributed by atoms with E-state index in [1.807, 2.05) is 6.20 Å². The average Bonchev–Trinajstić information content (AvgIpc) is 3.23. The zero-order valence-electron chi connectivity index (χ0n) is 17.9. The minimum Gasteiger partial charge on any atom is -0.457 e. The molecule has 0 radical (unpaired) electrons. The summed E-state index contributed by atoms with van der Waals surface area (Å²) in [7, 11) is 1.80. The van der Waals surface area contributed by atoms with Crippen molar-refractivity contribution < 1.29 is 22.7 Å². The third-order valence-electron chi connectivity index (χ3n) is 4.69. The molecule has 0 aliphatic carbocycles. The predicted molar refractivity (Wildman–Crippen MR) is 127 cm³/mol. The summed E-state index contributed by atoms with van der Waals surface area (Å²) in [6.45, 7) is 0. The second-order valence-corrected chi connectivity index (χ2v) is 8.11. The number of nitrogens with zero attached hydrogens (tertiary/aromatic N) is 3. The second-order valence-electron chi connectivity index (χ2n) is 7.29. The minimum atomic E-state index is -4.65. The third kappa shape index (κ3) is 6.03. The van der Waals surface area contributed by atoms with Crippen molar-refractivity contribution in [3.05, 3.63) is 82.7 Å². The Hall–Kier alpha value is -3.76. The molecule has 2 aromatic carbocycles. The number of pyridine rings is 1. The van der Waals surface area contributed by atoms with E-state index >= 15 is 0 Å². The fraction of sp³-hybridized carbons (Fsp3) is 0.0870. The number of amides is 2. The Bertz CT molecular complexity index is 1390. The van der Waals surface area contributed by atoms with Crippen molar-refractivity contribution in [1.82, 2.24) is 14.8 Å². The van der Waals surface area contributed by atoms with Crippen LogP contribution in [0.3, 0.4) is 0 Å². The molecule has 0 atom stereocenters. The summed E-state index contributed by atoms with van der Waals surface area (Å²) in [6, 6.07) is 10.3. The molecule has 0 aliphatic rings. The predicted octanol–water partition coefficient (Wildman–Crippen LogP) is 7.24. The highest BCUT2D eigenvalue weighted by Gasteiger charge is 2.33. The zero-order valence-corrected chi connectivity index (χ0v) is 19.4. The van der Waals surface area contributed by atoms with E-state index in [0.29, 0.717) is 17.2 Å². The number of benzene rings is 2. The molecule has 2 amide bonds. The smallest absolute Gasteiger partial charge is 0.417 e. The summed E-state index contributed by atoms with van der Waals surface area (Å²) < 4.78 is 46.6. The number of nitrogens with one attached hydrogen (secondary N) is 2. The Balaban J connectivity index is 1.43. The molecule has 0 fully saturated rings. The van der Waals surface area contributed by atoms with Crippen LogP contribution < -0.4 is 15.4 Å². The lowest BCUT2D eigenvalue weighted by atomic mass is 10.2. The molecule has 12 heteroatoms. The first kappa shape index (κ1) is 24.4. The first-order chi connectivity index (χ1) is 16.6. The van der Waals surface area contributed by atoms with E-state index in [1.165, 1.54) is 18.2 Å². The van der Waals surface area contributed by atoms with Crippen LogP contribution in [0.1, 0.15) is 5.56 Å². The normalized spacial score (nSPS) is 11.3. The summed E-state index contributed by atoms with van der Waals surface area (Å²) in [5.74, 6) is 0.911. The number of urea groups is 1. The summed E-state index contributed by atoms with van der Waals surface area (Å²) in [4.78, 5) is 16.6. The standard InChI is InChI=1S/C23H16Cl2F3N5O2/c1-33-12-13(11-30-33)21-10-16(6-7-29-21)35-15-3-5-20(19(25)9-15)32-22(34)31-14-2-4-18(24)17(8-14)23(26,27)28/h2-12H,1H3,(H2,31,32,34). The number of rotatable bonds is 5. The molecule has 180 valence electrons. The molecule has 0 spiro atoms. The van der Waals surface area contributed by atoms with Crippen LogP contribution in [-0.2, 0) is 13.2 Å². The van der Waals surface area contributed by atoms with E-state index in [2.05, 4.69) is 20.7 Å². The lowest BCUT2D eigenvalue weighted by Crippen LogP contribution is -2.20. The molecule has 0 unspecified atom stereocenters. The fourth-order valence-electron chi connectivity index (χ4n) is 3.09. The van der Waals surface area contributed by atoms with E-state index < -0.39 is 22.8 Å². The van der Waals surface area contributed by atoms with Crippen LogP contribution in [0.2, 0.25) is 10.0 Å². The maximum atomic E-state index is 13.0. The monoisotopic (exact) mass is 521 g/mol. The number of anilines is 2. The van der Waals surface area contributed by atoms with Gasteiger partial charge < -0.3 is 15.4 Å². The molecular formula is C23H16Cl2F3N5O2. The first-order valence-corrected chi connectivity index (χ1v) is 10.7. The van der Waals surface area contributed by atoms with E-state index in [0.717, 1.165) is 17.7 Å². The fourth-order valence-corrected chi connectivity index (χ4v) is 3.53. The number of alkyl halides is 3. The number of aryl methyl sites for hydroxylation is 1. The molecular weight excluding hydrogens is 506 g/mol. The van der Waals surface area contributed by atoms with Gasteiger partial charge >= 0.3 is 12.2 Å². The van der Waals surface area contributed by atoms with Crippen LogP contribution in [0, 0.1) is 0 Å². The molecule has 2 N–H and O–H groups in total. The van der Waals surface area contributed by atoms with Crippen LogP contribution in [-0.4, -0.2) is 20.8 Å². The summed E-state index contributed by atoms with van der Waals surface area (Å²) >= 11 is 11.9. The molecule has 0 saturated heterocycles. The van der Waals surface area contributed by atoms with E-state index in [9.17, 15) is 18.0 Å². The largest absolute Gasteiger partial charge is 0.457 e. The number of hydrogen-bond acceptors (Lipinski definition) is 4. The highest BCUT2D eigenvalue weighted by atomic mass is 35.5. The zero-order chi connectivity index (χ0) is 25.2. The topological polar surface area (TPSA) is 81.1 Å². The van der Waals surface area contributed by atoms with Crippen molar-refractivity contribution in [3.8, 4) is 22.8 Å². The maximum absolute atomic E-state index is 13.0. The van der Waals surface area contributed by atoms with Gasteiger partial charge in [0.2, 0.25) is 0 Å². The summed E-state index contributed by atoms with van der Waals surface area (Å²) in [6.07, 6.45) is 0.448. The van der Waals surface area contributed by atoms with Crippen LogP contribution in [0.15, 0.2) is 67.1 Å². The Morgan fingerprint density at radius 1 is 1.00 bits per heavy atom. The average molecular weight is 522 g/mol. The van der Waals surface area contributed by atoms with E-state index in [-0.39, 0.29) is 16.4 Å². The van der Waals surface area contributed by atoms with Crippen LogP contribution in [0.5, 0.6) is 11.5 Å². The lowest BCUT2D eigenvalue weighted by molar-refractivity contribution is -0.137. The van der Waals surface area contributed by atoms with Gasteiger partial charge in [-0.1, -0.05) is 23.2 Å². The first-order valence-electron chi connectivity index (χ1n) is 9.96. The molecule has 0 saturated carbocycles. The van der Waals surface area contributed by atoms with Gasteiger partial charge in [-0.05, 0) is 36.4 Å². The summed E-state index contributed by atoms with van der Waals surface area (Å²) in [5.41, 5.74) is 0.584. The minimum absolute atomic E-state index is 0.0857. The van der Waals surface area contributed by atoms with Crippen molar-refractivity contribution in [2.75, 3.05) is 10.6 Å². The Labute approximate surface area is 207 Å². The molecule has 4 aromatic rings. The molecule has 7 nitrogen and oxygen atoms in total. The van der Waals surface area contributed by atoms with Crippen molar-refractivity contribution >= 4 is 40.6 Å². The highest BCUT2D eigenvalue weighted by Crippen LogP contribution is 2.36. The molecule has 2 aromatic heterocycles. The van der Waals surface area contributed by atoms with Gasteiger partial charge in [0.05, 0.1) is 33.2 Å². The SMILES string of the molecule is Cn1cc(-c2cc(Oc3ccc(NC(=O)Nc4ccc(Cl)c(C(F)(F)F)c4)c(Cl)c3)ccn2)cn1. The van der Waals surface area contributed by atoms with E-state index in [1.54, 1.807) is 42.3 Å². The molecule has 2 heterocycles. The molecule has 35 heavy (non-hydrogen) atoms. The Morgan fingerprint density at radius 2 is 1.77 bits per heavy atom. The number of aromatic nitrogens is 3. The van der Waals surface area contributed by atoms with Crippen LogP contribution >= 0.6 is 23.2 Å². The van der Waals surface area contributed by atoms with Gasteiger partial charge in [-0.3, -0.25) is 9.67 Å². The van der Waals surface area contributed by atoms with Gasteiger partial charge in [-0.15, -0.1) is 0 Å². The number of carbonyl (C=O) groups excluding carboxylic acids is 1. The number of halogens is 5. The number of hydrogen-bond donors (Lipinski definition) is 2. The van der Waals surface area contributed by atoms with Crippen molar-refractivity contribution in [2.24, 2.45) is 7.05 Å². The van der Waals surface area contributed by atoms with Crippen molar-refractivity contribution in [1.29, 1.82) is 0 Å². The van der Waals surface area contributed by atoms with Gasteiger partial charge in [-0.25, -0.2) is 4.79 Å². The van der Waals surface area contributed by atoms with Gasteiger partial charge in [0.1, 0.15) is 11.5 Å². The quantitative estimate of drug-likeness (QED) is 0.290. The lowest BCUT2D eigenvalue weighted by Gasteiger charge is -2.13. The molecule has 4 rings (SSSR count). The van der Waals surface area contributed by atoms with Gasteiger partial charge in [0, 0.05) is 42.8 Å². The van der Waals surface area contributed by atoms with Gasteiger partial charge in [0.25, 0.3) is 0 Å². The van der Waals surface area contributed by atoms with E-state index in [4.69, 9.17) is 27.9 Å². The van der Waals surface area contributed by atoms with Crippen molar-refractivity contribution in [2.45, 2.75) is 6.18 Å². The Morgan fingerprint density at radius 3 is 2.46 bits per heavy atom. The molecule has 0 aliphatic heterocycles. The third-order valence-corrected chi connectivity index (χ3v) is 5.33. The van der Waals surface area contributed by atoms with Gasteiger partial charge in [0.15, 0.2) is 0 Å². The summed E-state index contributed by atoms with van der Waals surface area (Å²) in [5, 5.41) is 8.62. The second kappa shape index (κ2) is 9.85. The highest BCUT2D eigenvalue weighted by molar-refractivity contribution is 6.34. The maximum Gasteiger partial charge on any atom is 0.417 e. The molecule has 0 bridgehead atoms. The number of ether oxygens (including phenoxy) is 1. The Kier molecular flexibility index (Phi) is 6.86. The van der Waals surface area contributed by atoms with Crippen LogP contribution in [0.4, 0.5) is 29.3 Å². The number of carbonyl (C=O) groups is 1. The van der Waals surface area contributed by atoms with Crippen LogP contribution in [0.25, 0.3) is 11.3 Å². The van der Waals surface area contributed by atoms with Crippen molar-refractivity contribution in [3.63, 3.8) is 0 Å². The van der Waals surface area contributed by atoms with Gasteiger partial charge in [-0.2, -0.15) is 18.3 Å².